The summed E-state index contributed by atoms with van der Waals surface area (Å²) in [5, 5.41) is 12.4. The van der Waals surface area contributed by atoms with E-state index in [0.29, 0.717) is 33.8 Å². The van der Waals surface area contributed by atoms with E-state index in [4.69, 9.17) is 9.47 Å². The molecule has 3 rings (SSSR count). The average molecular weight is 491 g/mol. The standard InChI is InChI=1S/C26H23BrN2O3/c1-17-9-10-23(18(2)11-17)29-26(30)21(15-28)12-20-13-24(31-3)25(14-22(20)27)32-16-19-7-5-4-6-8-19/h4-14H,16H2,1-3H3,(H,29,30)/b21-12+. The van der Waals surface area contributed by atoms with E-state index in [2.05, 4.69) is 21.2 Å². The number of nitriles is 1. The van der Waals surface area contributed by atoms with Crippen molar-refractivity contribution in [1.82, 2.24) is 0 Å². The molecule has 5 nitrogen and oxygen atoms in total. The fourth-order valence-electron chi connectivity index (χ4n) is 3.12. The van der Waals surface area contributed by atoms with Crippen LogP contribution in [0.25, 0.3) is 6.08 Å². The Labute approximate surface area is 196 Å². The largest absolute Gasteiger partial charge is 0.493 e. The number of hydrogen-bond acceptors (Lipinski definition) is 4. The predicted molar refractivity (Wildman–Crippen MR) is 130 cm³/mol. The van der Waals surface area contributed by atoms with Crippen molar-refractivity contribution in [3.8, 4) is 17.6 Å². The van der Waals surface area contributed by atoms with Gasteiger partial charge in [0.1, 0.15) is 18.2 Å². The molecule has 0 saturated heterocycles. The van der Waals surface area contributed by atoms with Crippen LogP contribution in [-0.2, 0) is 11.4 Å². The summed E-state index contributed by atoms with van der Waals surface area (Å²) in [4.78, 5) is 12.7. The summed E-state index contributed by atoms with van der Waals surface area (Å²) in [5.74, 6) is 0.579. The van der Waals surface area contributed by atoms with Gasteiger partial charge in [-0.15, -0.1) is 0 Å². The van der Waals surface area contributed by atoms with Crippen LogP contribution >= 0.6 is 15.9 Å². The topological polar surface area (TPSA) is 71.3 Å². The first-order valence-electron chi connectivity index (χ1n) is 9.96. The fraction of sp³-hybridized carbons (Fsp3) is 0.154. The normalized spacial score (nSPS) is 10.9. The van der Waals surface area contributed by atoms with Gasteiger partial charge in [0.25, 0.3) is 5.91 Å². The number of halogens is 1. The number of hydrogen-bond donors (Lipinski definition) is 1. The van der Waals surface area contributed by atoms with E-state index in [1.807, 2.05) is 68.4 Å². The molecule has 0 aliphatic rings. The van der Waals surface area contributed by atoms with Crippen LogP contribution in [0.2, 0.25) is 0 Å². The molecule has 0 saturated carbocycles. The summed E-state index contributed by atoms with van der Waals surface area (Å²) in [6.07, 6.45) is 1.52. The van der Waals surface area contributed by atoms with Crippen molar-refractivity contribution >= 4 is 33.6 Å². The predicted octanol–water partition coefficient (Wildman–Crippen LogP) is 6.20. The highest BCUT2D eigenvalue weighted by molar-refractivity contribution is 9.10. The van der Waals surface area contributed by atoms with Crippen LogP contribution in [0.15, 0.2) is 70.7 Å². The average Bonchev–Trinajstić information content (AvgIpc) is 2.79. The van der Waals surface area contributed by atoms with Crippen molar-refractivity contribution in [1.29, 1.82) is 5.26 Å². The number of nitrogens with one attached hydrogen (secondary N) is 1. The number of anilines is 1. The number of ether oxygens (including phenoxy) is 2. The Hall–Kier alpha value is -3.56. The smallest absolute Gasteiger partial charge is 0.266 e. The minimum absolute atomic E-state index is 0.0225. The molecule has 0 bridgehead atoms. The number of methoxy groups -OCH3 is 1. The summed E-state index contributed by atoms with van der Waals surface area (Å²) in [7, 11) is 1.55. The van der Waals surface area contributed by atoms with Crippen molar-refractivity contribution in [2.24, 2.45) is 0 Å². The highest BCUT2D eigenvalue weighted by atomic mass is 79.9. The van der Waals surface area contributed by atoms with Gasteiger partial charge in [-0.1, -0.05) is 64.0 Å². The number of carbonyl (C=O) groups excluding carboxylic acids is 1. The van der Waals surface area contributed by atoms with Crippen LogP contribution < -0.4 is 14.8 Å². The second kappa shape index (κ2) is 10.7. The third kappa shape index (κ3) is 5.77. The summed E-state index contributed by atoms with van der Waals surface area (Å²) in [6.45, 7) is 4.28. The second-order valence-corrected chi connectivity index (χ2v) is 8.10. The Morgan fingerprint density at radius 3 is 2.50 bits per heavy atom. The molecule has 3 aromatic rings. The van der Waals surface area contributed by atoms with Gasteiger partial charge in [0, 0.05) is 10.2 Å². The van der Waals surface area contributed by atoms with E-state index in [1.54, 1.807) is 19.2 Å². The SMILES string of the molecule is COc1cc(/C=C(\C#N)C(=O)Nc2ccc(C)cc2C)c(Br)cc1OCc1ccccc1. The molecule has 0 fully saturated rings. The zero-order valence-electron chi connectivity index (χ0n) is 18.1. The Kier molecular flexibility index (Phi) is 7.69. The number of nitrogens with zero attached hydrogens (tertiary/aromatic N) is 1. The molecule has 3 aromatic carbocycles. The number of benzene rings is 3. The van der Waals surface area contributed by atoms with Crippen molar-refractivity contribution < 1.29 is 14.3 Å². The summed E-state index contributed by atoms with van der Waals surface area (Å²) < 4.78 is 12.1. The molecule has 6 heteroatoms. The van der Waals surface area contributed by atoms with E-state index < -0.39 is 5.91 Å². The van der Waals surface area contributed by atoms with Gasteiger partial charge >= 0.3 is 0 Å². The highest BCUT2D eigenvalue weighted by Gasteiger charge is 2.14. The Morgan fingerprint density at radius 2 is 1.84 bits per heavy atom. The van der Waals surface area contributed by atoms with Gasteiger partial charge in [0.2, 0.25) is 0 Å². The minimum Gasteiger partial charge on any atom is -0.493 e. The number of amides is 1. The van der Waals surface area contributed by atoms with Crippen LogP contribution in [0.5, 0.6) is 11.5 Å². The van der Waals surface area contributed by atoms with E-state index >= 15 is 0 Å². The Morgan fingerprint density at radius 1 is 1.09 bits per heavy atom. The molecule has 0 atom stereocenters. The van der Waals surface area contributed by atoms with Crippen LogP contribution in [0.4, 0.5) is 5.69 Å². The van der Waals surface area contributed by atoms with Gasteiger partial charge < -0.3 is 14.8 Å². The van der Waals surface area contributed by atoms with Crippen LogP contribution in [0, 0.1) is 25.2 Å². The van der Waals surface area contributed by atoms with E-state index in [9.17, 15) is 10.1 Å². The van der Waals surface area contributed by atoms with Crippen LogP contribution in [0.1, 0.15) is 22.3 Å². The molecule has 0 radical (unpaired) electrons. The maximum atomic E-state index is 12.7. The lowest BCUT2D eigenvalue weighted by Gasteiger charge is -2.13. The number of rotatable bonds is 7. The molecule has 162 valence electrons. The lowest BCUT2D eigenvalue weighted by Crippen LogP contribution is -2.14. The summed E-state index contributed by atoms with van der Waals surface area (Å²) in [6, 6.07) is 21.0. The fourth-order valence-corrected chi connectivity index (χ4v) is 3.55. The summed E-state index contributed by atoms with van der Waals surface area (Å²) in [5.41, 5.74) is 4.33. The molecule has 0 aliphatic heterocycles. The van der Waals surface area contributed by atoms with Gasteiger partial charge in [-0.05, 0) is 54.8 Å². The quantitative estimate of drug-likeness (QED) is 0.316. The molecule has 0 unspecified atom stereocenters. The third-order valence-corrected chi connectivity index (χ3v) is 5.50. The maximum absolute atomic E-state index is 12.7. The molecule has 1 amide bonds. The minimum atomic E-state index is -0.477. The van der Waals surface area contributed by atoms with Crippen molar-refractivity contribution in [3.05, 3.63) is 93.0 Å². The molecule has 32 heavy (non-hydrogen) atoms. The van der Waals surface area contributed by atoms with Crippen molar-refractivity contribution in [2.75, 3.05) is 12.4 Å². The Bertz CT molecular complexity index is 1200. The molecule has 0 aliphatic carbocycles. The van der Waals surface area contributed by atoms with Crippen LogP contribution in [-0.4, -0.2) is 13.0 Å². The second-order valence-electron chi connectivity index (χ2n) is 7.24. The molecule has 0 spiro atoms. The molecule has 1 N–H and O–H groups in total. The zero-order chi connectivity index (χ0) is 23.1. The molecular weight excluding hydrogens is 468 g/mol. The molecule has 0 heterocycles. The monoisotopic (exact) mass is 490 g/mol. The zero-order valence-corrected chi connectivity index (χ0v) is 19.7. The van der Waals surface area contributed by atoms with Gasteiger partial charge in [-0.3, -0.25) is 4.79 Å². The lowest BCUT2D eigenvalue weighted by atomic mass is 10.1. The number of carbonyl (C=O) groups is 1. The maximum Gasteiger partial charge on any atom is 0.266 e. The van der Waals surface area contributed by atoms with Gasteiger partial charge in [-0.25, -0.2) is 0 Å². The molecular formula is C26H23BrN2O3. The van der Waals surface area contributed by atoms with Crippen LogP contribution in [0.3, 0.4) is 0 Å². The van der Waals surface area contributed by atoms with Crippen molar-refractivity contribution in [2.45, 2.75) is 20.5 Å². The van der Waals surface area contributed by atoms with Gasteiger partial charge in [0.05, 0.1) is 7.11 Å². The van der Waals surface area contributed by atoms with Gasteiger partial charge in [0.15, 0.2) is 11.5 Å². The highest BCUT2D eigenvalue weighted by Crippen LogP contribution is 2.35. The van der Waals surface area contributed by atoms with Gasteiger partial charge in [-0.2, -0.15) is 5.26 Å². The number of aryl methyl sites for hydroxylation is 2. The van der Waals surface area contributed by atoms with Crippen molar-refractivity contribution in [3.63, 3.8) is 0 Å². The first-order valence-corrected chi connectivity index (χ1v) is 10.7. The van der Waals surface area contributed by atoms with E-state index in [1.165, 1.54) is 6.08 Å². The Balaban J connectivity index is 1.83. The van der Waals surface area contributed by atoms with E-state index in [0.717, 1.165) is 16.7 Å². The third-order valence-electron chi connectivity index (χ3n) is 4.82. The summed E-state index contributed by atoms with van der Waals surface area (Å²) >= 11 is 3.51. The first-order chi connectivity index (χ1) is 15.4. The first kappa shape index (κ1) is 23.1. The molecule has 0 aromatic heterocycles. The van der Waals surface area contributed by atoms with E-state index in [-0.39, 0.29) is 5.57 Å². The lowest BCUT2D eigenvalue weighted by molar-refractivity contribution is -0.112.